The zero-order valence-electron chi connectivity index (χ0n) is 8.80. The summed E-state index contributed by atoms with van der Waals surface area (Å²) in [6, 6.07) is 5.55. The molecule has 0 saturated carbocycles. The van der Waals surface area contributed by atoms with Gasteiger partial charge in [0.05, 0.1) is 8.99 Å². The quantitative estimate of drug-likeness (QED) is 0.416. The SMILES string of the molecule is CC(C)(C)C(=O)Oc1cccc(Br)c1I. The molecule has 15 heavy (non-hydrogen) atoms. The largest absolute Gasteiger partial charge is 0.425 e. The summed E-state index contributed by atoms with van der Waals surface area (Å²) in [5, 5.41) is 0. The highest BCUT2D eigenvalue weighted by atomic mass is 127. The summed E-state index contributed by atoms with van der Waals surface area (Å²) in [7, 11) is 0. The van der Waals surface area contributed by atoms with E-state index in [2.05, 4.69) is 38.5 Å². The number of ether oxygens (including phenoxy) is 1. The molecule has 0 unspecified atom stereocenters. The Labute approximate surface area is 112 Å². The molecule has 0 aromatic heterocycles. The molecular formula is C11H12BrIO2. The Morgan fingerprint density at radius 2 is 2.00 bits per heavy atom. The molecule has 1 aromatic rings. The second-order valence-corrected chi connectivity index (χ2v) is 6.12. The molecule has 82 valence electrons. The molecule has 4 heteroatoms. The Morgan fingerprint density at radius 3 is 2.53 bits per heavy atom. The van der Waals surface area contributed by atoms with Gasteiger partial charge in [0, 0.05) is 4.47 Å². The third-order valence-electron chi connectivity index (χ3n) is 1.73. The van der Waals surface area contributed by atoms with E-state index in [0.29, 0.717) is 5.75 Å². The molecular weight excluding hydrogens is 371 g/mol. The van der Waals surface area contributed by atoms with Gasteiger partial charge in [0.2, 0.25) is 0 Å². The number of halogens is 2. The van der Waals surface area contributed by atoms with Gasteiger partial charge >= 0.3 is 5.97 Å². The molecule has 0 bridgehead atoms. The number of rotatable bonds is 1. The molecule has 0 aliphatic heterocycles. The fraction of sp³-hybridized carbons (Fsp3) is 0.364. The summed E-state index contributed by atoms with van der Waals surface area (Å²) in [6.45, 7) is 5.50. The zero-order valence-corrected chi connectivity index (χ0v) is 12.5. The van der Waals surface area contributed by atoms with Crippen molar-refractivity contribution in [1.29, 1.82) is 0 Å². The average Bonchev–Trinajstić information content (AvgIpc) is 2.11. The van der Waals surface area contributed by atoms with E-state index in [1.165, 1.54) is 0 Å². The highest BCUT2D eigenvalue weighted by Crippen LogP contribution is 2.29. The summed E-state index contributed by atoms with van der Waals surface area (Å²) in [6.07, 6.45) is 0. The summed E-state index contributed by atoms with van der Waals surface area (Å²) >= 11 is 5.53. The van der Waals surface area contributed by atoms with Gasteiger partial charge in [-0.2, -0.15) is 0 Å². The second-order valence-electron chi connectivity index (χ2n) is 4.19. The number of carbonyl (C=O) groups excluding carboxylic acids is 1. The van der Waals surface area contributed by atoms with Crippen LogP contribution in [0.1, 0.15) is 20.8 Å². The molecule has 0 heterocycles. The first kappa shape index (κ1) is 13.0. The van der Waals surface area contributed by atoms with E-state index in [-0.39, 0.29) is 5.97 Å². The van der Waals surface area contributed by atoms with Crippen molar-refractivity contribution in [3.05, 3.63) is 26.2 Å². The van der Waals surface area contributed by atoms with Crippen molar-refractivity contribution in [2.45, 2.75) is 20.8 Å². The van der Waals surface area contributed by atoms with Crippen molar-refractivity contribution in [2.75, 3.05) is 0 Å². The van der Waals surface area contributed by atoms with Crippen LogP contribution in [0.4, 0.5) is 0 Å². The fourth-order valence-electron chi connectivity index (χ4n) is 0.816. The molecule has 0 N–H and O–H groups in total. The molecule has 1 aromatic carbocycles. The lowest BCUT2D eigenvalue weighted by Crippen LogP contribution is -2.25. The molecule has 0 spiro atoms. The molecule has 0 radical (unpaired) electrons. The van der Waals surface area contributed by atoms with Crippen LogP contribution in [0.25, 0.3) is 0 Å². The van der Waals surface area contributed by atoms with Crippen molar-refractivity contribution < 1.29 is 9.53 Å². The van der Waals surface area contributed by atoms with Crippen molar-refractivity contribution in [3.8, 4) is 5.75 Å². The van der Waals surface area contributed by atoms with Crippen LogP contribution in [0.3, 0.4) is 0 Å². The van der Waals surface area contributed by atoms with Gasteiger partial charge in [-0.1, -0.05) is 6.07 Å². The summed E-state index contributed by atoms with van der Waals surface area (Å²) in [4.78, 5) is 11.7. The van der Waals surface area contributed by atoms with Crippen LogP contribution in [0, 0.1) is 8.99 Å². The van der Waals surface area contributed by atoms with Crippen LogP contribution < -0.4 is 4.74 Å². The highest BCUT2D eigenvalue weighted by molar-refractivity contribution is 14.1. The van der Waals surface area contributed by atoms with Crippen molar-refractivity contribution in [2.24, 2.45) is 5.41 Å². The molecule has 0 atom stereocenters. The lowest BCUT2D eigenvalue weighted by Gasteiger charge is -2.17. The number of hydrogen-bond acceptors (Lipinski definition) is 2. The first-order valence-electron chi connectivity index (χ1n) is 4.48. The van der Waals surface area contributed by atoms with Gasteiger partial charge in [-0.3, -0.25) is 4.79 Å². The van der Waals surface area contributed by atoms with E-state index in [1.54, 1.807) is 6.07 Å². The Hall–Kier alpha value is -0.100. The van der Waals surface area contributed by atoms with E-state index in [1.807, 2.05) is 32.9 Å². The van der Waals surface area contributed by atoms with Crippen LogP contribution in [0.15, 0.2) is 22.7 Å². The van der Waals surface area contributed by atoms with Crippen LogP contribution in [0.2, 0.25) is 0 Å². The third kappa shape index (κ3) is 3.45. The Kier molecular flexibility index (Phi) is 4.17. The standard InChI is InChI=1S/C11H12BrIO2/c1-11(2,3)10(14)15-8-6-4-5-7(12)9(8)13/h4-6H,1-3H3. The Balaban J connectivity index is 2.91. The van der Waals surface area contributed by atoms with Crippen molar-refractivity contribution in [1.82, 2.24) is 0 Å². The number of benzene rings is 1. The monoisotopic (exact) mass is 382 g/mol. The minimum Gasteiger partial charge on any atom is -0.425 e. The topological polar surface area (TPSA) is 26.3 Å². The molecule has 0 aliphatic carbocycles. The first-order valence-corrected chi connectivity index (χ1v) is 6.36. The summed E-state index contributed by atoms with van der Waals surface area (Å²) in [5.74, 6) is 0.378. The maximum atomic E-state index is 11.7. The first-order chi connectivity index (χ1) is 6.82. The van der Waals surface area contributed by atoms with E-state index >= 15 is 0 Å². The number of carbonyl (C=O) groups is 1. The molecule has 0 fully saturated rings. The second kappa shape index (κ2) is 4.82. The van der Waals surface area contributed by atoms with Crippen molar-refractivity contribution in [3.63, 3.8) is 0 Å². The van der Waals surface area contributed by atoms with Gasteiger partial charge in [-0.05, 0) is 71.4 Å². The van der Waals surface area contributed by atoms with Gasteiger partial charge in [0.25, 0.3) is 0 Å². The van der Waals surface area contributed by atoms with Crippen LogP contribution in [-0.2, 0) is 4.79 Å². The minimum absolute atomic E-state index is 0.224. The average molecular weight is 383 g/mol. The van der Waals surface area contributed by atoms with Crippen LogP contribution in [0.5, 0.6) is 5.75 Å². The molecule has 0 aliphatic rings. The highest BCUT2D eigenvalue weighted by Gasteiger charge is 2.24. The number of esters is 1. The number of hydrogen-bond donors (Lipinski definition) is 0. The van der Waals surface area contributed by atoms with E-state index < -0.39 is 5.41 Å². The Bertz CT molecular complexity index is 383. The van der Waals surface area contributed by atoms with Gasteiger partial charge in [-0.15, -0.1) is 0 Å². The predicted octanol–water partition coefficient (Wildman–Crippen LogP) is 4.01. The minimum atomic E-state index is -0.481. The van der Waals surface area contributed by atoms with Gasteiger partial charge in [0.15, 0.2) is 0 Å². The smallest absolute Gasteiger partial charge is 0.316 e. The van der Waals surface area contributed by atoms with Crippen LogP contribution in [-0.4, -0.2) is 5.97 Å². The van der Waals surface area contributed by atoms with Gasteiger partial charge in [-0.25, -0.2) is 0 Å². The predicted molar refractivity (Wildman–Crippen MR) is 71.9 cm³/mol. The van der Waals surface area contributed by atoms with E-state index in [0.717, 1.165) is 8.04 Å². The maximum Gasteiger partial charge on any atom is 0.316 e. The van der Waals surface area contributed by atoms with E-state index in [9.17, 15) is 4.79 Å². The summed E-state index contributed by atoms with van der Waals surface area (Å²) < 4.78 is 7.16. The van der Waals surface area contributed by atoms with Gasteiger partial charge in [0.1, 0.15) is 5.75 Å². The Morgan fingerprint density at radius 1 is 1.40 bits per heavy atom. The summed E-state index contributed by atoms with van der Waals surface area (Å²) in [5.41, 5.74) is -0.481. The molecule has 2 nitrogen and oxygen atoms in total. The molecule has 0 amide bonds. The third-order valence-corrected chi connectivity index (χ3v) is 4.25. The molecule has 1 rings (SSSR count). The van der Waals surface area contributed by atoms with E-state index in [4.69, 9.17) is 4.74 Å². The molecule has 0 saturated heterocycles. The van der Waals surface area contributed by atoms with Gasteiger partial charge < -0.3 is 4.74 Å². The maximum absolute atomic E-state index is 11.7. The fourth-order valence-corrected chi connectivity index (χ4v) is 1.63. The van der Waals surface area contributed by atoms with Crippen molar-refractivity contribution >= 4 is 44.5 Å². The lowest BCUT2D eigenvalue weighted by atomic mass is 9.97. The van der Waals surface area contributed by atoms with Crippen LogP contribution >= 0.6 is 38.5 Å². The zero-order chi connectivity index (χ0) is 11.6. The normalized spacial score (nSPS) is 11.3. The lowest BCUT2D eigenvalue weighted by molar-refractivity contribution is -0.143.